The van der Waals surface area contributed by atoms with E-state index in [-0.39, 0.29) is 37.3 Å². The molecule has 0 bridgehead atoms. The highest BCUT2D eigenvalue weighted by Gasteiger charge is 2.50. The number of hydrogen-bond acceptors (Lipinski definition) is 4. The maximum absolute atomic E-state index is 12.0. The molecule has 0 heterocycles. The molecule has 2 rings (SSSR count). The van der Waals surface area contributed by atoms with Crippen molar-refractivity contribution in [3.8, 4) is 6.07 Å². The SMILES string of the molecule is CC(C)(C)[Si](OC/C(Cl)=C/CCP(=O)(O)OCCC#N)(c1ccccc1)c1ccccc1. The molecule has 0 amide bonds. The van der Waals surface area contributed by atoms with Gasteiger partial charge in [0.15, 0.2) is 0 Å². The second-order valence-electron chi connectivity index (χ2n) is 8.49. The van der Waals surface area contributed by atoms with Crippen LogP contribution in [0.1, 0.15) is 33.6 Å². The molecule has 1 unspecified atom stereocenters. The first-order valence-corrected chi connectivity index (χ1v) is 14.6. The summed E-state index contributed by atoms with van der Waals surface area (Å²) in [6.07, 6.45) is 2.00. The molecule has 0 aliphatic heterocycles. The first kappa shape index (κ1) is 26.5. The number of hydrogen-bond donors (Lipinski definition) is 1. The number of allylic oxidation sites excluding steroid dienone is 1. The minimum Gasteiger partial charge on any atom is -0.402 e. The molecule has 0 aliphatic carbocycles. The van der Waals surface area contributed by atoms with Gasteiger partial charge >= 0.3 is 7.60 Å². The van der Waals surface area contributed by atoms with E-state index < -0.39 is 15.9 Å². The van der Waals surface area contributed by atoms with Gasteiger partial charge in [-0.15, -0.1) is 0 Å². The second-order valence-corrected chi connectivity index (χ2v) is 15.3. The number of nitriles is 1. The first-order valence-electron chi connectivity index (χ1n) is 10.6. The number of nitrogens with zero attached hydrogens (tertiary/aromatic N) is 1. The van der Waals surface area contributed by atoms with Gasteiger partial charge in [-0.1, -0.05) is 99.1 Å². The van der Waals surface area contributed by atoms with Crippen LogP contribution in [-0.2, 0) is 13.5 Å². The molecule has 0 saturated heterocycles. The lowest BCUT2D eigenvalue weighted by atomic mass is 10.2. The van der Waals surface area contributed by atoms with Gasteiger partial charge in [0.2, 0.25) is 0 Å². The van der Waals surface area contributed by atoms with Crippen molar-refractivity contribution in [2.45, 2.75) is 38.7 Å². The van der Waals surface area contributed by atoms with Crippen LogP contribution in [0.25, 0.3) is 0 Å². The topological polar surface area (TPSA) is 79.6 Å². The van der Waals surface area contributed by atoms with Crippen molar-refractivity contribution in [1.82, 2.24) is 0 Å². The molecule has 0 saturated carbocycles. The van der Waals surface area contributed by atoms with E-state index in [1.807, 2.05) is 42.5 Å². The minimum absolute atomic E-state index is 0.0569. The number of rotatable bonds is 11. The van der Waals surface area contributed by atoms with Crippen LogP contribution in [0.4, 0.5) is 0 Å². The van der Waals surface area contributed by atoms with Gasteiger partial charge in [-0.3, -0.25) is 4.57 Å². The average Bonchev–Trinajstić information content (AvgIpc) is 2.75. The van der Waals surface area contributed by atoms with E-state index in [9.17, 15) is 9.46 Å². The molecule has 0 aromatic heterocycles. The summed E-state index contributed by atoms with van der Waals surface area (Å²) in [5.41, 5.74) is 0. The van der Waals surface area contributed by atoms with Gasteiger partial charge in [0.25, 0.3) is 8.32 Å². The molecule has 8 heteroatoms. The van der Waals surface area contributed by atoms with Gasteiger partial charge in [-0.2, -0.15) is 5.26 Å². The Morgan fingerprint density at radius 1 is 1.12 bits per heavy atom. The van der Waals surface area contributed by atoms with E-state index in [0.29, 0.717) is 5.03 Å². The van der Waals surface area contributed by atoms with Crippen LogP contribution in [0, 0.1) is 11.3 Å². The maximum Gasteiger partial charge on any atom is 0.328 e. The normalized spacial score (nSPS) is 14.6. The third kappa shape index (κ3) is 7.15. The van der Waals surface area contributed by atoms with Gasteiger partial charge in [0.1, 0.15) is 0 Å². The summed E-state index contributed by atoms with van der Waals surface area (Å²) < 4.78 is 23.7. The van der Waals surface area contributed by atoms with Crippen LogP contribution in [0.2, 0.25) is 5.04 Å². The third-order valence-electron chi connectivity index (χ3n) is 5.13. The highest BCUT2D eigenvalue weighted by atomic mass is 35.5. The highest BCUT2D eigenvalue weighted by molar-refractivity contribution is 7.52. The van der Waals surface area contributed by atoms with Crippen LogP contribution in [0.3, 0.4) is 0 Å². The van der Waals surface area contributed by atoms with Crippen LogP contribution in [0.15, 0.2) is 71.8 Å². The molecule has 172 valence electrons. The van der Waals surface area contributed by atoms with Crippen molar-refractivity contribution >= 4 is 37.9 Å². The smallest absolute Gasteiger partial charge is 0.328 e. The Kier molecular flexibility index (Phi) is 9.91. The second kappa shape index (κ2) is 11.9. The van der Waals surface area contributed by atoms with E-state index in [1.165, 1.54) is 0 Å². The van der Waals surface area contributed by atoms with Crippen molar-refractivity contribution in [1.29, 1.82) is 5.26 Å². The molecule has 0 radical (unpaired) electrons. The molecule has 0 fully saturated rings. The fraction of sp³-hybridized carbons (Fsp3) is 0.375. The summed E-state index contributed by atoms with van der Waals surface area (Å²) in [5.74, 6) is 0. The summed E-state index contributed by atoms with van der Waals surface area (Å²) in [6, 6.07) is 22.4. The van der Waals surface area contributed by atoms with Crippen LogP contribution >= 0.6 is 19.2 Å². The molecule has 32 heavy (non-hydrogen) atoms. The summed E-state index contributed by atoms with van der Waals surface area (Å²) in [7, 11) is -6.43. The van der Waals surface area contributed by atoms with Gasteiger partial charge < -0.3 is 13.8 Å². The predicted octanol–water partition coefficient (Wildman–Crippen LogP) is 5.19. The Morgan fingerprint density at radius 2 is 1.66 bits per heavy atom. The Hall–Kier alpha value is -1.71. The van der Waals surface area contributed by atoms with E-state index >= 15 is 0 Å². The van der Waals surface area contributed by atoms with E-state index in [1.54, 1.807) is 6.08 Å². The van der Waals surface area contributed by atoms with Gasteiger partial charge in [-0.05, 0) is 21.8 Å². The highest BCUT2D eigenvalue weighted by Crippen LogP contribution is 2.42. The lowest BCUT2D eigenvalue weighted by Crippen LogP contribution is -2.66. The molecule has 0 aliphatic rings. The minimum atomic E-state index is -3.74. The number of halogens is 1. The largest absolute Gasteiger partial charge is 0.402 e. The Balaban J connectivity index is 2.22. The lowest BCUT2D eigenvalue weighted by Gasteiger charge is -2.43. The molecule has 2 aromatic rings. The zero-order chi connectivity index (χ0) is 23.7. The molecular weight excluding hydrogens is 461 g/mol. The summed E-state index contributed by atoms with van der Waals surface area (Å²) >= 11 is 6.47. The molecule has 1 N–H and O–H groups in total. The molecular formula is C24H31ClNO4PSi. The molecule has 5 nitrogen and oxygen atoms in total. The fourth-order valence-corrected chi connectivity index (χ4v) is 9.42. The maximum atomic E-state index is 12.0. The monoisotopic (exact) mass is 491 g/mol. The van der Waals surface area contributed by atoms with Crippen molar-refractivity contribution < 1.29 is 18.4 Å². The zero-order valence-corrected chi connectivity index (χ0v) is 21.5. The molecule has 0 spiro atoms. The van der Waals surface area contributed by atoms with E-state index in [4.69, 9.17) is 25.8 Å². The predicted molar refractivity (Wildman–Crippen MR) is 133 cm³/mol. The summed E-state index contributed by atoms with van der Waals surface area (Å²) in [5, 5.41) is 11.2. The molecule has 1 atom stereocenters. The first-order chi connectivity index (χ1) is 15.1. The van der Waals surface area contributed by atoms with Crippen molar-refractivity contribution in [2.24, 2.45) is 0 Å². The van der Waals surface area contributed by atoms with Gasteiger partial charge in [0, 0.05) is 5.03 Å². The van der Waals surface area contributed by atoms with Crippen molar-refractivity contribution in [3.05, 3.63) is 71.8 Å². The Bertz CT molecular complexity index is 931. The van der Waals surface area contributed by atoms with E-state index in [0.717, 1.165) is 10.4 Å². The van der Waals surface area contributed by atoms with Gasteiger partial charge in [0.05, 0.1) is 31.9 Å². The Labute approximate surface area is 197 Å². The van der Waals surface area contributed by atoms with Crippen LogP contribution in [0.5, 0.6) is 0 Å². The van der Waals surface area contributed by atoms with Gasteiger partial charge in [-0.25, -0.2) is 0 Å². The summed E-state index contributed by atoms with van der Waals surface area (Å²) in [4.78, 5) is 9.84. The lowest BCUT2D eigenvalue weighted by molar-refractivity contribution is 0.265. The Morgan fingerprint density at radius 3 is 2.12 bits per heavy atom. The van der Waals surface area contributed by atoms with Crippen LogP contribution in [-0.4, -0.2) is 32.6 Å². The van der Waals surface area contributed by atoms with Crippen LogP contribution < -0.4 is 10.4 Å². The average molecular weight is 492 g/mol. The quantitative estimate of drug-likeness (QED) is 0.266. The number of benzene rings is 2. The van der Waals surface area contributed by atoms with Crippen molar-refractivity contribution in [2.75, 3.05) is 19.4 Å². The zero-order valence-electron chi connectivity index (χ0n) is 18.8. The fourth-order valence-electron chi connectivity index (χ4n) is 3.68. The van der Waals surface area contributed by atoms with Crippen molar-refractivity contribution in [3.63, 3.8) is 0 Å². The summed E-state index contributed by atoms with van der Waals surface area (Å²) in [6.45, 7) is 6.73. The standard InChI is InChI=1S/C24H31ClNO4PSi/c1-24(2,3)32(22-13-6-4-7-14-22,23-15-8-5-9-16-23)30-20-21(25)12-10-19-31(27,28)29-18-11-17-26/h4-9,12-16H,10-11,18-20H2,1-3H3,(H,27,28)/b21-12-. The molecule has 2 aromatic carbocycles. The third-order valence-corrected chi connectivity index (χ3v) is 11.8. The van der Waals surface area contributed by atoms with E-state index in [2.05, 4.69) is 45.0 Å².